The zero-order valence-electron chi connectivity index (χ0n) is 16.5. The van der Waals surface area contributed by atoms with Gasteiger partial charge in [-0.25, -0.2) is 9.38 Å². The number of rotatable bonds is 3. The SMILES string of the molecule is CN1C(=O)C(C)(C)C(C)(c2cc(NC(=O)C(C)(O)C(F)(F)F)ccc2F)N=C1N. The van der Waals surface area contributed by atoms with Crippen molar-refractivity contribution >= 4 is 23.5 Å². The highest BCUT2D eigenvalue weighted by Crippen LogP contribution is 2.47. The number of alkyl halides is 3. The van der Waals surface area contributed by atoms with Crippen LogP contribution in [0.5, 0.6) is 0 Å². The maximum atomic E-state index is 14.7. The minimum atomic E-state index is -5.22. The molecule has 2 unspecified atom stereocenters. The lowest BCUT2D eigenvalue weighted by Crippen LogP contribution is -2.58. The van der Waals surface area contributed by atoms with Crippen molar-refractivity contribution in [2.45, 2.75) is 45.0 Å². The number of halogens is 4. The van der Waals surface area contributed by atoms with Crippen LogP contribution in [0.2, 0.25) is 0 Å². The Morgan fingerprint density at radius 3 is 2.34 bits per heavy atom. The Labute approximate surface area is 164 Å². The molecule has 2 amide bonds. The van der Waals surface area contributed by atoms with Gasteiger partial charge in [-0.05, 0) is 45.9 Å². The van der Waals surface area contributed by atoms with Gasteiger partial charge in [0.2, 0.25) is 11.5 Å². The Morgan fingerprint density at radius 2 is 1.83 bits per heavy atom. The predicted octanol–water partition coefficient (Wildman–Crippen LogP) is 2.11. The number of anilines is 1. The summed E-state index contributed by atoms with van der Waals surface area (Å²) in [6, 6.07) is 3.02. The average Bonchev–Trinajstić information content (AvgIpc) is 2.59. The summed E-state index contributed by atoms with van der Waals surface area (Å²) < 4.78 is 53.3. The van der Waals surface area contributed by atoms with Crippen LogP contribution in [0.4, 0.5) is 23.2 Å². The van der Waals surface area contributed by atoms with Gasteiger partial charge in [-0.2, -0.15) is 13.2 Å². The molecule has 2 atom stereocenters. The molecule has 4 N–H and O–H groups in total. The molecule has 0 spiro atoms. The molecule has 29 heavy (non-hydrogen) atoms. The van der Waals surface area contributed by atoms with Gasteiger partial charge in [-0.3, -0.25) is 14.5 Å². The summed E-state index contributed by atoms with van der Waals surface area (Å²) in [7, 11) is 1.41. The summed E-state index contributed by atoms with van der Waals surface area (Å²) in [6.07, 6.45) is -5.22. The van der Waals surface area contributed by atoms with Gasteiger partial charge in [-0.1, -0.05) is 0 Å². The molecule has 1 aliphatic rings. The summed E-state index contributed by atoms with van der Waals surface area (Å²) in [5, 5.41) is 11.4. The van der Waals surface area contributed by atoms with E-state index < -0.39 is 40.4 Å². The number of hydrogen-bond acceptors (Lipinski definition) is 5. The van der Waals surface area contributed by atoms with Crippen LogP contribution in [0.15, 0.2) is 23.2 Å². The molecule has 0 saturated heterocycles. The number of guanidine groups is 1. The number of aliphatic hydroxyl groups is 1. The lowest BCUT2D eigenvalue weighted by atomic mass is 9.67. The topological polar surface area (TPSA) is 108 Å². The Morgan fingerprint density at radius 1 is 1.28 bits per heavy atom. The van der Waals surface area contributed by atoms with Gasteiger partial charge in [0.15, 0.2) is 5.96 Å². The van der Waals surface area contributed by atoms with Gasteiger partial charge in [0, 0.05) is 18.3 Å². The van der Waals surface area contributed by atoms with Gasteiger partial charge < -0.3 is 16.2 Å². The Kier molecular flexibility index (Phi) is 5.21. The highest BCUT2D eigenvalue weighted by atomic mass is 19.4. The van der Waals surface area contributed by atoms with Gasteiger partial charge in [-0.15, -0.1) is 0 Å². The van der Waals surface area contributed by atoms with Crippen molar-refractivity contribution in [3.8, 4) is 0 Å². The van der Waals surface area contributed by atoms with Crippen LogP contribution >= 0.6 is 0 Å². The lowest BCUT2D eigenvalue weighted by Gasteiger charge is -2.46. The van der Waals surface area contributed by atoms with Gasteiger partial charge >= 0.3 is 6.18 Å². The smallest absolute Gasteiger partial charge is 0.373 e. The first kappa shape index (κ1) is 22.6. The Balaban J connectivity index is 2.54. The van der Waals surface area contributed by atoms with E-state index in [0.29, 0.717) is 6.92 Å². The van der Waals surface area contributed by atoms with Crippen LogP contribution in [0.25, 0.3) is 0 Å². The molecular weight excluding hydrogens is 396 g/mol. The van der Waals surface area contributed by atoms with Crippen molar-refractivity contribution in [3.05, 3.63) is 29.6 Å². The first-order valence-corrected chi connectivity index (χ1v) is 8.51. The maximum absolute atomic E-state index is 14.7. The zero-order chi connectivity index (χ0) is 22.6. The fourth-order valence-electron chi connectivity index (χ4n) is 2.93. The van der Waals surface area contributed by atoms with Crippen molar-refractivity contribution in [1.82, 2.24) is 4.90 Å². The van der Waals surface area contributed by atoms with Crippen LogP contribution in [-0.2, 0) is 15.1 Å². The van der Waals surface area contributed by atoms with E-state index in [0.717, 1.165) is 23.1 Å². The molecule has 0 fully saturated rings. The van der Waals surface area contributed by atoms with E-state index in [1.807, 2.05) is 5.32 Å². The third kappa shape index (κ3) is 3.43. The monoisotopic (exact) mass is 418 g/mol. The zero-order valence-corrected chi connectivity index (χ0v) is 16.5. The number of aliphatic imine (C=N–C) groups is 1. The normalized spacial score (nSPS) is 24.0. The fourth-order valence-corrected chi connectivity index (χ4v) is 2.93. The van der Waals surface area contributed by atoms with Crippen LogP contribution in [0, 0.1) is 11.2 Å². The van der Waals surface area contributed by atoms with Crippen molar-refractivity contribution in [1.29, 1.82) is 0 Å². The second-order valence-corrected chi connectivity index (χ2v) is 7.75. The third-order valence-electron chi connectivity index (χ3n) is 5.48. The highest BCUT2D eigenvalue weighted by Gasteiger charge is 2.56. The Bertz CT molecular complexity index is 896. The van der Waals surface area contributed by atoms with E-state index in [4.69, 9.17) is 5.73 Å². The molecule has 0 saturated carbocycles. The lowest BCUT2D eigenvalue weighted by molar-refractivity contribution is -0.242. The molecule has 0 bridgehead atoms. The number of nitrogens with one attached hydrogen (secondary N) is 1. The van der Waals surface area contributed by atoms with Crippen LogP contribution < -0.4 is 11.1 Å². The quantitative estimate of drug-likeness (QED) is 0.654. The number of carbonyl (C=O) groups excluding carboxylic acids is 2. The molecule has 160 valence electrons. The first-order valence-electron chi connectivity index (χ1n) is 8.51. The minimum absolute atomic E-state index is 0.156. The third-order valence-corrected chi connectivity index (χ3v) is 5.48. The average molecular weight is 418 g/mol. The molecule has 1 aromatic rings. The van der Waals surface area contributed by atoms with Crippen molar-refractivity contribution < 1.29 is 32.3 Å². The summed E-state index contributed by atoms with van der Waals surface area (Å²) in [6.45, 7) is 4.82. The summed E-state index contributed by atoms with van der Waals surface area (Å²) in [5.74, 6) is -3.14. The van der Waals surface area contributed by atoms with Gasteiger partial charge in [0.25, 0.3) is 5.91 Å². The first-order chi connectivity index (χ1) is 13.0. The van der Waals surface area contributed by atoms with Gasteiger partial charge in [0.1, 0.15) is 11.4 Å². The maximum Gasteiger partial charge on any atom is 0.426 e. The summed E-state index contributed by atoms with van der Waals surface area (Å²) in [4.78, 5) is 30.0. The van der Waals surface area contributed by atoms with Gasteiger partial charge in [0.05, 0.1) is 5.41 Å². The minimum Gasteiger partial charge on any atom is -0.373 e. The van der Waals surface area contributed by atoms with E-state index in [-0.39, 0.29) is 17.2 Å². The van der Waals surface area contributed by atoms with Crippen molar-refractivity contribution in [2.75, 3.05) is 12.4 Å². The molecule has 1 aliphatic heterocycles. The van der Waals surface area contributed by atoms with E-state index in [2.05, 4.69) is 4.99 Å². The Hall–Kier alpha value is -2.69. The largest absolute Gasteiger partial charge is 0.426 e. The van der Waals surface area contributed by atoms with Crippen molar-refractivity contribution in [3.63, 3.8) is 0 Å². The second kappa shape index (κ2) is 6.68. The number of hydrogen-bond donors (Lipinski definition) is 3. The highest BCUT2D eigenvalue weighted by molar-refractivity contribution is 6.02. The number of carbonyl (C=O) groups is 2. The summed E-state index contributed by atoms with van der Waals surface area (Å²) in [5.41, 5.74) is -1.03. The molecule has 1 aromatic carbocycles. The van der Waals surface area contributed by atoms with E-state index >= 15 is 0 Å². The molecule has 0 radical (unpaired) electrons. The number of benzene rings is 1. The van der Waals surface area contributed by atoms with E-state index in [9.17, 15) is 32.3 Å². The fraction of sp³-hybridized carbons (Fsp3) is 0.500. The number of nitrogens with two attached hydrogens (primary N) is 1. The molecule has 0 aliphatic carbocycles. The van der Waals surface area contributed by atoms with Crippen LogP contribution in [0.1, 0.15) is 33.3 Å². The van der Waals surface area contributed by atoms with E-state index in [1.165, 1.54) is 27.8 Å². The number of nitrogens with zero attached hydrogens (tertiary/aromatic N) is 2. The summed E-state index contributed by atoms with van der Waals surface area (Å²) >= 11 is 0. The van der Waals surface area contributed by atoms with Crippen LogP contribution in [-0.4, -0.2) is 46.6 Å². The second-order valence-electron chi connectivity index (χ2n) is 7.75. The molecule has 11 heteroatoms. The molecule has 0 aromatic heterocycles. The predicted molar refractivity (Wildman–Crippen MR) is 97.2 cm³/mol. The van der Waals surface area contributed by atoms with Crippen molar-refractivity contribution in [2.24, 2.45) is 16.1 Å². The molecule has 7 nitrogen and oxygen atoms in total. The number of amides is 2. The molecular formula is C18H22F4N4O3. The molecule has 1 heterocycles. The standard InChI is InChI=1S/C18H22F4N4O3/c1-15(2)13(28)26(5)14(23)25-16(15,3)10-8-9(6-7-11(10)19)24-12(27)17(4,29)18(20,21)22/h6-8,29H,1-5H3,(H2,23,25)(H,24,27). The van der Waals surface area contributed by atoms with Crippen LogP contribution in [0.3, 0.4) is 0 Å². The molecule has 2 rings (SSSR count). The van der Waals surface area contributed by atoms with E-state index in [1.54, 1.807) is 0 Å².